The Kier molecular flexibility index (Phi) is 0.574. The molecule has 0 atom stereocenters. The first-order chi connectivity index (χ1) is 11.4. The summed E-state index contributed by atoms with van der Waals surface area (Å²) >= 11 is 0. The van der Waals surface area contributed by atoms with Crippen LogP contribution in [0.15, 0.2) is 18.3 Å². The monoisotopic (exact) mass is 190 g/mol. The van der Waals surface area contributed by atoms with Crippen molar-refractivity contribution in [2.45, 2.75) is 19.1 Å². The van der Waals surface area contributed by atoms with Crippen molar-refractivity contribution in [3.63, 3.8) is 0 Å². The van der Waals surface area contributed by atoms with E-state index in [4.69, 9.17) is 23.6 Å². The summed E-state index contributed by atoms with van der Waals surface area (Å²) in [5.74, 6) is -1.02. The fraction of sp³-hybridized carbons (Fsp3) is 0.500. The zero-order chi connectivity index (χ0) is 20.7. The van der Waals surface area contributed by atoms with Gasteiger partial charge in [0.1, 0.15) is 5.82 Å². The summed E-state index contributed by atoms with van der Waals surface area (Å²) in [5, 5.41) is 0. The van der Waals surface area contributed by atoms with Crippen molar-refractivity contribution in [3.8, 4) is 0 Å². The molecular weight excluding hydrogens is 162 g/mol. The van der Waals surface area contributed by atoms with E-state index in [0.717, 1.165) is 0 Å². The Morgan fingerprint density at radius 2 is 2.15 bits per heavy atom. The Morgan fingerprint density at radius 3 is 2.92 bits per heavy atom. The van der Waals surface area contributed by atoms with Crippen molar-refractivity contribution in [2.75, 3.05) is 23.6 Å². The Labute approximate surface area is 96.8 Å². The van der Waals surface area contributed by atoms with E-state index in [2.05, 4.69) is 4.98 Å². The van der Waals surface area contributed by atoms with Gasteiger partial charge in [-0.05, 0) is 31.2 Å². The standard InChI is InChI=1S/C10H15N3/c11-9-4-5-10(12-8-9)13-6-2-1-3-7-13/h4-5,8H,1-3,6-7,11H2/i1D2,2D2,3D2,4D,5D,6D2,7D2,8D. The van der Waals surface area contributed by atoms with E-state index in [0.29, 0.717) is 0 Å². The number of hydrogen-bond acceptors (Lipinski definition) is 3. The van der Waals surface area contributed by atoms with Crippen LogP contribution in [0.25, 0.3) is 0 Å². The van der Waals surface area contributed by atoms with E-state index in [9.17, 15) is 0 Å². The Hall–Kier alpha value is -1.25. The summed E-state index contributed by atoms with van der Waals surface area (Å²) in [6.07, 6.45) is -11.6. The molecule has 2 N–H and O–H groups in total. The molecule has 2 rings (SSSR count). The number of rotatable bonds is 1. The van der Waals surface area contributed by atoms with Crippen LogP contribution in [0, 0.1) is 0 Å². The van der Waals surface area contributed by atoms with Gasteiger partial charge in [-0.2, -0.15) is 0 Å². The zero-order valence-electron chi connectivity index (χ0n) is 19.5. The predicted octanol–water partition coefficient (Wildman–Crippen LogP) is 1.65. The van der Waals surface area contributed by atoms with Crippen molar-refractivity contribution in [1.29, 1.82) is 0 Å². The second kappa shape index (κ2) is 3.64. The summed E-state index contributed by atoms with van der Waals surface area (Å²) in [6.45, 7) is -7.05. The van der Waals surface area contributed by atoms with E-state index in [1.165, 1.54) is 0 Å². The molecule has 0 saturated carbocycles. The SMILES string of the molecule is [2H]c1nc(N2C([2H])([2H])C([2H])([2H])C([2H])([2H])C([2H])([2H])C2([2H])[2H])c([2H])c([2H])c1N. The molecule has 0 aliphatic carbocycles. The molecule has 3 nitrogen and oxygen atoms in total. The number of aromatic nitrogens is 1. The minimum absolute atomic E-state index is 0.154. The van der Waals surface area contributed by atoms with Gasteiger partial charge < -0.3 is 10.6 Å². The van der Waals surface area contributed by atoms with Crippen LogP contribution in [0.5, 0.6) is 0 Å². The van der Waals surface area contributed by atoms with E-state index >= 15 is 0 Å². The highest BCUT2D eigenvalue weighted by atomic mass is 15.2. The normalized spacial score (nSPS) is 51.4. The first-order valence-electron chi connectivity index (χ1n) is 9.91. The maximum absolute atomic E-state index is 8.00. The number of nitrogens with zero attached hydrogens (tertiary/aromatic N) is 2. The van der Waals surface area contributed by atoms with Crippen LogP contribution >= 0.6 is 0 Å². The van der Waals surface area contributed by atoms with Gasteiger partial charge in [0, 0.05) is 26.7 Å². The summed E-state index contributed by atoms with van der Waals surface area (Å²) < 4.78 is 102. The lowest BCUT2D eigenvalue weighted by molar-refractivity contribution is 0.573. The van der Waals surface area contributed by atoms with E-state index < -0.39 is 61.9 Å². The van der Waals surface area contributed by atoms with E-state index in [1.54, 1.807) is 0 Å². The molecule has 0 aromatic carbocycles. The molecule has 13 heavy (non-hydrogen) atoms. The van der Waals surface area contributed by atoms with E-state index in [1.807, 2.05) is 0 Å². The highest BCUT2D eigenvalue weighted by molar-refractivity contribution is 5.45. The van der Waals surface area contributed by atoms with Gasteiger partial charge in [-0.3, -0.25) is 0 Å². The molecule has 0 amide bonds. The van der Waals surface area contributed by atoms with Crippen LogP contribution in [-0.4, -0.2) is 18.0 Å². The van der Waals surface area contributed by atoms with Crippen molar-refractivity contribution in [2.24, 2.45) is 0 Å². The number of piperidine rings is 1. The van der Waals surface area contributed by atoms with Crippen LogP contribution in [0.2, 0.25) is 0 Å². The lowest BCUT2D eigenvalue weighted by atomic mass is 10.1. The molecule has 1 fully saturated rings. The third kappa shape index (κ3) is 1.91. The quantitative estimate of drug-likeness (QED) is 0.732. The maximum Gasteiger partial charge on any atom is 0.128 e. The lowest BCUT2D eigenvalue weighted by Gasteiger charge is -2.27. The fourth-order valence-electron chi connectivity index (χ4n) is 0.731. The molecule has 1 aromatic heterocycles. The number of hydrogen-bond donors (Lipinski definition) is 1. The van der Waals surface area contributed by atoms with Gasteiger partial charge in [0.2, 0.25) is 0 Å². The van der Waals surface area contributed by atoms with Gasteiger partial charge in [0.15, 0.2) is 0 Å². The van der Waals surface area contributed by atoms with Gasteiger partial charge >= 0.3 is 0 Å². The largest absolute Gasteiger partial charge is 0.397 e. The second-order valence-electron chi connectivity index (χ2n) is 2.14. The Morgan fingerprint density at radius 1 is 1.38 bits per heavy atom. The average molecular weight is 190 g/mol. The Balaban J connectivity index is 2.92. The highest BCUT2D eigenvalue weighted by Gasteiger charge is 2.10. The minimum atomic E-state index is -3.60. The van der Waals surface area contributed by atoms with Gasteiger partial charge in [-0.25, -0.2) is 4.98 Å². The van der Waals surface area contributed by atoms with Gasteiger partial charge in [-0.15, -0.1) is 0 Å². The van der Waals surface area contributed by atoms with Crippen LogP contribution in [0.1, 0.15) is 36.9 Å². The molecule has 70 valence electrons. The third-order valence-corrected chi connectivity index (χ3v) is 1.26. The zero-order valence-corrected chi connectivity index (χ0v) is 6.47. The minimum Gasteiger partial charge on any atom is -0.397 e. The van der Waals surface area contributed by atoms with E-state index in [-0.39, 0.29) is 4.90 Å². The van der Waals surface area contributed by atoms with Gasteiger partial charge in [0.05, 0.1) is 16.0 Å². The molecule has 0 unspecified atom stereocenters. The molecule has 0 spiro atoms. The molecular formula is C10H15N3. The van der Waals surface area contributed by atoms with Crippen LogP contribution < -0.4 is 10.6 Å². The number of nitrogen functional groups attached to an aromatic ring is 1. The van der Waals surface area contributed by atoms with Gasteiger partial charge in [-0.1, -0.05) is 0 Å². The first kappa shape index (κ1) is 2.05. The van der Waals surface area contributed by atoms with Crippen molar-refractivity contribution >= 4 is 11.5 Å². The molecule has 1 saturated heterocycles. The Bertz CT molecular complexity index is 729. The van der Waals surface area contributed by atoms with Gasteiger partial charge in [0.25, 0.3) is 0 Å². The number of pyridine rings is 1. The third-order valence-electron chi connectivity index (χ3n) is 1.26. The molecule has 0 radical (unpaired) electrons. The van der Waals surface area contributed by atoms with Crippen molar-refractivity contribution < 1.29 is 17.8 Å². The summed E-state index contributed by atoms with van der Waals surface area (Å²) in [7, 11) is 0. The van der Waals surface area contributed by atoms with Crippen LogP contribution in [0.3, 0.4) is 0 Å². The maximum atomic E-state index is 8.00. The predicted molar refractivity (Wildman–Crippen MR) is 54.7 cm³/mol. The van der Waals surface area contributed by atoms with Crippen molar-refractivity contribution in [3.05, 3.63) is 18.3 Å². The average Bonchev–Trinajstić information content (AvgIpc) is 2.48. The molecule has 3 heteroatoms. The molecule has 2 heterocycles. The van der Waals surface area contributed by atoms with Crippen molar-refractivity contribution in [1.82, 2.24) is 4.98 Å². The molecule has 1 aliphatic rings. The second-order valence-corrected chi connectivity index (χ2v) is 2.14. The first-order valence-corrected chi connectivity index (χ1v) is 3.41. The number of nitrogens with two attached hydrogens (primary N) is 1. The summed E-state index contributed by atoms with van der Waals surface area (Å²) in [5.41, 5.74) is 4.85. The summed E-state index contributed by atoms with van der Waals surface area (Å²) in [6, 6.07) is -1.73. The molecule has 1 aliphatic heterocycles. The highest BCUT2D eigenvalue weighted by Crippen LogP contribution is 2.17. The molecule has 0 bridgehead atoms. The lowest BCUT2D eigenvalue weighted by Crippen LogP contribution is -2.29. The fourth-order valence-corrected chi connectivity index (χ4v) is 0.731. The summed E-state index contributed by atoms with van der Waals surface area (Å²) in [4.78, 5) is 3.30. The van der Waals surface area contributed by atoms with Crippen LogP contribution in [-0.2, 0) is 0 Å². The topological polar surface area (TPSA) is 42.2 Å². The number of anilines is 2. The van der Waals surface area contributed by atoms with Crippen LogP contribution in [0.4, 0.5) is 11.5 Å². The smallest absolute Gasteiger partial charge is 0.128 e. The molecule has 1 aromatic rings.